The number of ether oxygens (including phenoxy) is 1. The molecule has 0 bridgehead atoms. The van der Waals surface area contributed by atoms with Gasteiger partial charge in [0.1, 0.15) is 0 Å². The van der Waals surface area contributed by atoms with Crippen molar-refractivity contribution < 1.29 is 23.7 Å². The quantitative estimate of drug-likeness (QED) is 0.526. The highest BCUT2D eigenvalue weighted by atomic mass is 16.6. The van der Waals surface area contributed by atoms with Gasteiger partial charge in [-0.15, -0.1) is 0 Å². The van der Waals surface area contributed by atoms with Crippen LogP contribution in [0, 0.1) is 10.1 Å². The summed E-state index contributed by atoms with van der Waals surface area (Å²) in [5.41, 5.74) is 0.442. The zero-order valence-electron chi connectivity index (χ0n) is 16.0. The van der Waals surface area contributed by atoms with Gasteiger partial charge >= 0.3 is 11.8 Å². The molecular formula is C18H22N4O7. The maximum absolute atomic E-state index is 12.4. The summed E-state index contributed by atoms with van der Waals surface area (Å²) >= 11 is 0. The number of oxazole rings is 1. The molecule has 2 amide bonds. The number of non-ortho nitro benzene ring substituents is 1. The van der Waals surface area contributed by atoms with Crippen LogP contribution in [-0.2, 0) is 16.1 Å². The van der Waals surface area contributed by atoms with Gasteiger partial charge in [-0.3, -0.25) is 19.5 Å². The molecule has 0 radical (unpaired) electrons. The summed E-state index contributed by atoms with van der Waals surface area (Å²) in [4.78, 5) is 49.7. The SMILES string of the molecule is CCOC(=O)N1CCN(C(=O)CCCn2c(=O)oc3cc([N+](=O)[O-])ccc32)CC1. The number of rotatable bonds is 6. The first kappa shape index (κ1) is 20.4. The topological polar surface area (TPSA) is 128 Å². The molecular weight excluding hydrogens is 384 g/mol. The summed E-state index contributed by atoms with van der Waals surface area (Å²) in [5, 5.41) is 10.8. The molecule has 11 heteroatoms. The summed E-state index contributed by atoms with van der Waals surface area (Å²) in [7, 11) is 0. The molecule has 1 aliphatic heterocycles. The first-order chi connectivity index (χ1) is 13.9. The van der Waals surface area contributed by atoms with E-state index in [-0.39, 0.29) is 36.2 Å². The number of aryl methyl sites for hydroxylation is 1. The van der Waals surface area contributed by atoms with Crippen molar-refractivity contribution >= 4 is 28.8 Å². The number of piperazine rings is 1. The van der Waals surface area contributed by atoms with E-state index in [1.165, 1.54) is 22.8 Å². The van der Waals surface area contributed by atoms with Gasteiger partial charge in [-0.05, 0) is 19.4 Å². The number of fused-ring (bicyclic) bond motifs is 1. The van der Waals surface area contributed by atoms with Gasteiger partial charge in [0.05, 0.1) is 23.1 Å². The van der Waals surface area contributed by atoms with Gasteiger partial charge in [-0.2, -0.15) is 0 Å². The zero-order chi connectivity index (χ0) is 21.0. The molecule has 0 unspecified atom stereocenters. The molecule has 1 aromatic heterocycles. The lowest BCUT2D eigenvalue weighted by molar-refractivity contribution is -0.384. The van der Waals surface area contributed by atoms with E-state index >= 15 is 0 Å². The Morgan fingerprint density at radius 2 is 1.90 bits per heavy atom. The fourth-order valence-electron chi connectivity index (χ4n) is 3.28. The minimum atomic E-state index is -0.615. The number of carbonyl (C=O) groups is 2. The number of hydrogen-bond acceptors (Lipinski definition) is 7. The summed E-state index contributed by atoms with van der Waals surface area (Å²) in [6.45, 7) is 4.05. The molecule has 1 aliphatic rings. The Hall–Kier alpha value is -3.37. The number of benzene rings is 1. The highest BCUT2D eigenvalue weighted by molar-refractivity contribution is 5.77. The normalized spacial score (nSPS) is 14.2. The van der Waals surface area contributed by atoms with Gasteiger partial charge in [-0.1, -0.05) is 0 Å². The monoisotopic (exact) mass is 406 g/mol. The summed E-state index contributed by atoms with van der Waals surface area (Å²) in [6.07, 6.45) is 0.291. The van der Waals surface area contributed by atoms with Crippen LogP contribution in [0.25, 0.3) is 11.1 Å². The van der Waals surface area contributed by atoms with Crippen molar-refractivity contribution in [3.8, 4) is 0 Å². The summed E-state index contributed by atoms with van der Waals surface area (Å²) < 4.78 is 11.4. The second-order valence-corrected chi connectivity index (χ2v) is 6.60. The fraction of sp³-hybridized carbons (Fsp3) is 0.500. The van der Waals surface area contributed by atoms with Gasteiger partial charge in [0.25, 0.3) is 5.69 Å². The minimum Gasteiger partial charge on any atom is -0.450 e. The molecule has 0 spiro atoms. The number of nitro groups is 1. The molecule has 11 nitrogen and oxygen atoms in total. The number of carbonyl (C=O) groups excluding carboxylic acids is 2. The van der Waals surface area contributed by atoms with E-state index < -0.39 is 10.7 Å². The fourth-order valence-corrected chi connectivity index (χ4v) is 3.28. The number of amides is 2. The standard InChI is InChI=1S/C18H22N4O7/c1-2-28-17(24)20-10-8-19(9-11-20)16(23)4-3-7-21-14-6-5-13(22(26)27)12-15(14)29-18(21)25/h5-6,12H,2-4,7-11H2,1H3. The smallest absolute Gasteiger partial charge is 0.419 e. The van der Waals surface area contributed by atoms with Crippen molar-refractivity contribution in [3.05, 3.63) is 38.9 Å². The molecule has 0 saturated carbocycles. The van der Waals surface area contributed by atoms with Crippen LogP contribution < -0.4 is 5.76 Å². The molecule has 156 valence electrons. The molecule has 2 aromatic rings. The Morgan fingerprint density at radius 1 is 1.21 bits per heavy atom. The van der Waals surface area contributed by atoms with Crippen molar-refractivity contribution in [2.45, 2.75) is 26.3 Å². The molecule has 2 heterocycles. The Balaban J connectivity index is 1.53. The van der Waals surface area contributed by atoms with E-state index in [2.05, 4.69) is 0 Å². The zero-order valence-corrected chi connectivity index (χ0v) is 16.0. The number of aromatic nitrogens is 1. The average molecular weight is 406 g/mol. The molecule has 0 atom stereocenters. The van der Waals surface area contributed by atoms with Crippen molar-refractivity contribution in [1.82, 2.24) is 14.4 Å². The van der Waals surface area contributed by atoms with E-state index in [0.29, 0.717) is 44.7 Å². The van der Waals surface area contributed by atoms with Crippen LogP contribution in [-0.4, -0.2) is 64.1 Å². The maximum atomic E-state index is 12.4. The molecule has 0 N–H and O–H groups in total. The average Bonchev–Trinajstić information content (AvgIpc) is 3.02. The second kappa shape index (κ2) is 8.76. The van der Waals surface area contributed by atoms with Crippen molar-refractivity contribution in [1.29, 1.82) is 0 Å². The lowest BCUT2D eigenvalue weighted by Crippen LogP contribution is -2.50. The Kier molecular flexibility index (Phi) is 6.15. The third-order valence-electron chi connectivity index (χ3n) is 4.79. The lowest BCUT2D eigenvalue weighted by atomic mass is 10.2. The van der Waals surface area contributed by atoms with Gasteiger partial charge in [0.2, 0.25) is 5.91 Å². The largest absolute Gasteiger partial charge is 0.450 e. The van der Waals surface area contributed by atoms with Gasteiger partial charge < -0.3 is 19.0 Å². The summed E-state index contributed by atoms with van der Waals surface area (Å²) in [6, 6.07) is 3.98. The van der Waals surface area contributed by atoms with Gasteiger partial charge in [-0.25, -0.2) is 9.59 Å². The molecule has 1 saturated heterocycles. The van der Waals surface area contributed by atoms with Crippen LogP contribution in [0.4, 0.5) is 10.5 Å². The van der Waals surface area contributed by atoms with Crippen LogP contribution in [0.3, 0.4) is 0 Å². The maximum Gasteiger partial charge on any atom is 0.419 e. The van der Waals surface area contributed by atoms with E-state index in [9.17, 15) is 24.5 Å². The van der Waals surface area contributed by atoms with Crippen LogP contribution in [0.5, 0.6) is 0 Å². The first-order valence-electron chi connectivity index (χ1n) is 9.38. The Morgan fingerprint density at radius 3 is 2.55 bits per heavy atom. The highest BCUT2D eigenvalue weighted by Gasteiger charge is 2.24. The third-order valence-corrected chi connectivity index (χ3v) is 4.79. The first-order valence-corrected chi connectivity index (χ1v) is 9.38. The lowest BCUT2D eigenvalue weighted by Gasteiger charge is -2.34. The van der Waals surface area contributed by atoms with Crippen LogP contribution >= 0.6 is 0 Å². The second-order valence-electron chi connectivity index (χ2n) is 6.60. The summed E-state index contributed by atoms with van der Waals surface area (Å²) in [5.74, 6) is -0.666. The van der Waals surface area contributed by atoms with Crippen molar-refractivity contribution in [2.24, 2.45) is 0 Å². The third kappa shape index (κ3) is 4.55. The molecule has 29 heavy (non-hydrogen) atoms. The van der Waals surface area contributed by atoms with E-state index in [1.54, 1.807) is 16.7 Å². The van der Waals surface area contributed by atoms with Crippen molar-refractivity contribution in [2.75, 3.05) is 32.8 Å². The van der Waals surface area contributed by atoms with Crippen LogP contribution in [0.1, 0.15) is 19.8 Å². The molecule has 0 aliphatic carbocycles. The number of nitro benzene ring substituents is 1. The van der Waals surface area contributed by atoms with Crippen molar-refractivity contribution in [3.63, 3.8) is 0 Å². The Bertz CT molecular complexity index is 972. The van der Waals surface area contributed by atoms with Gasteiger partial charge in [0, 0.05) is 45.2 Å². The van der Waals surface area contributed by atoms with E-state index in [1.807, 2.05) is 0 Å². The number of nitrogens with zero attached hydrogens (tertiary/aromatic N) is 4. The molecule has 1 aromatic carbocycles. The van der Waals surface area contributed by atoms with Gasteiger partial charge in [0.15, 0.2) is 5.58 Å². The van der Waals surface area contributed by atoms with Crippen LogP contribution in [0.15, 0.2) is 27.4 Å². The predicted molar refractivity (Wildman–Crippen MR) is 102 cm³/mol. The number of hydrogen-bond donors (Lipinski definition) is 0. The van der Waals surface area contributed by atoms with Crippen LogP contribution in [0.2, 0.25) is 0 Å². The van der Waals surface area contributed by atoms with E-state index in [0.717, 1.165) is 0 Å². The molecule has 1 fully saturated rings. The molecule has 3 rings (SSSR count). The Labute approximate surface area is 165 Å². The predicted octanol–water partition coefficient (Wildman–Crippen LogP) is 1.58. The van der Waals surface area contributed by atoms with E-state index in [4.69, 9.17) is 9.15 Å². The highest BCUT2D eigenvalue weighted by Crippen LogP contribution is 2.20. The minimum absolute atomic E-state index is 0.0509.